The number of nitrogens with one attached hydrogen (secondary N) is 2. The van der Waals surface area contributed by atoms with E-state index < -0.39 is 17.9 Å². The molecular formula is C25H26ClN3O4S. The van der Waals surface area contributed by atoms with E-state index in [2.05, 4.69) is 10.6 Å². The Labute approximate surface area is 209 Å². The van der Waals surface area contributed by atoms with Crippen molar-refractivity contribution in [1.29, 1.82) is 0 Å². The van der Waals surface area contributed by atoms with E-state index in [-0.39, 0.29) is 24.0 Å². The smallest absolute Gasteiger partial charge is 0.308 e. The molecule has 2 amide bonds. The van der Waals surface area contributed by atoms with E-state index in [1.54, 1.807) is 29.2 Å². The maximum absolute atomic E-state index is 12.4. The van der Waals surface area contributed by atoms with Crippen LogP contribution in [0.4, 0.5) is 0 Å². The molecular weight excluding hydrogens is 474 g/mol. The normalized spacial score (nSPS) is 15.6. The van der Waals surface area contributed by atoms with Gasteiger partial charge in [0.1, 0.15) is 6.04 Å². The fourth-order valence-electron chi connectivity index (χ4n) is 3.48. The van der Waals surface area contributed by atoms with E-state index in [9.17, 15) is 14.4 Å². The minimum Gasteiger partial charge on any atom is -0.466 e. The Hall–Kier alpha value is -3.23. The van der Waals surface area contributed by atoms with Crippen molar-refractivity contribution in [2.24, 2.45) is 0 Å². The van der Waals surface area contributed by atoms with Crippen LogP contribution in [0.3, 0.4) is 0 Å². The van der Waals surface area contributed by atoms with E-state index in [4.69, 9.17) is 28.6 Å². The van der Waals surface area contributed by atoms with Gasteiger partial charge in [0.05, 0.1) is 13.0 Å². The molecule has 0 spiro atoms. The third-order valence-corrected chi connectivity index (χ3v) is 5.90. The molecule has 1 aliphatic heterocycles. The molecule has 9 heteroatoms. The first-order chi connectivity index (χ1) is 16.4. The molecule has 0 bridgehead atoms. The van der Waals surface area contributed by atoms with Crippen LogP contribution in [0.2, 0.25) is 5.02 Å². The SMILES string of the molecule is O=C(C=Cc1ccccc1Cl)NC(=S)N1CCNC(=O)C1CC(=O)OCCCc1ccccc1. The summed E-state index contributed by atoms with van der Waals surface area (Å²) in [6, 6.07) is 16.2. The lowest BCUT2D eigenvalue weighted by atomic mass is 10.1. The molecule has 2 N–H and O–H groups in total. The number of benzene rings is 2. The molecule has 2 aromatic carbocycles. The Morgan fingerprint density at radius 1 is 1.18 bits per heavy atom. The van der Waals surface area contributed by atoms with Crippen LogP contribution in [-0.4, -0.2) is 53.5 Å². The summed E-state index contributed by atoms with van der Waals surface area (Å²) in [4.78, 5) is 38.7. The number of ether oxygens (including phenoxy) is 1. The third kappa shape index (κ3) is 7.67. The summed E-state index contributed by atoms with van der Waals surface area (Å²) in [5.41, 5.74) is 1.86. The van der Waals surface area contributed by atoms with Crippen molar-refractivity contribution in [2.75, 3.05) is 19.7 Å². The summed E-state index contributed by atoms with van der Waals surface area (Å²) in [7, 11) is 0. The number of carbonyl (C=O) groups is 3. The van der Waals surface area contributed by atoms with Gasteiger partial charge in [-0.25, -0.2) is 0 Å². The molecule has 7 nitrogen and oxygen atoms in total. The van der Waals surface area contributed by atoms with Crippen molar-refractivity contribution >= 4 is 52.8 Å². The van der Waals surface area contributed by atoms with Crippen molar-refractivity contribution in [3.8, 4) is 0 Å². The number of halogens is 1. The van der Waals surface area contributed by atoms with Gasteiger partial charge in [-0.05, 0) is 48.3 Å². The maximum Gasteiger partial charge on any atom is 0.308 e. The summed E-state index contributed by atoms with van der Waals surface area (Å²) in [5, 5.41) is 5.91. The molecule has 1 fully saturated rings. The van der Waals surface area contributed by atoms with Crippen LogP contribution in [-0.2, 0) is 25.5 Å². The Kier molecular flexibility index (Phi) is 9.61. The molecule has 1 atom stereocenters. The number of rotatable bonds is 8. The zero-order chi connectivity index (χ0) is 24.3. The van der Waals surface area contributed by atoms with Crippen molar-refractivity contribution < 1.29 is 19.1 Å². The highest BCUT2D eigenvalue weighted by Gasteiger charge is 2.34. The topological polar surface area (TPSA) is 87.7 Å². The minimum absolute atomic E-state index is 0.0746. The van der Waals surface area contributed by atoms with Gasteiger partial charge in [0.25, 0.3) is 0 Å². The molecule has 1 saturated heterocycles. The molecule has 0 radical (unpaired) electrons. The van der Waals surface area contributed by atoms with Gasteiger partial charge in [0, 0.05) is 24.2 Å². The second-order valence-corrected chi connectivity index (χ2v) is 8.46. The first kappa shape index (κ1) is 25.4. The summed E-state index contributed by atoms with van der Waals surface area (Å²) in [6.07, 6.45) is 4.20. The first-order valence-electron chi connectivity index (χ1n) is 11.0. The lowest BCUT2D eigenvalue weighted by molar-refractivity contribution is -0.147. The highest BCUT2D eigenvalue weighted by molar-refractivity contribution is 7.80. The predicted octanol–water partition coefficient (Wildman–Crippen LogP) is 3.12. The number of hydrogen-bond acceptors (Lipinski definition) is 5. The van der Waals surface area contributed by atoms with Crippen LogP contribution in [0.25, 0.3) is 6.08 Å². The molecule has 1 unspecified atom stereocenters. The number of aryl methyl sites for hydroxylation is 1. The first-order valence-corrected chi connectivity index (χ1v) is 11.7. The van der Waals surface area contributed by atoms with Gasteiger partial charge in [-0.3, -0.25) is 19.7 Å². The van der Waals surface area contributed by atoms with Gasteiger partial charge in [-0.1, -0.05) is 60.1 Å². The number of esters is 1. The van der Waals surface area contributed by atoms with Crippen molar-refractivity contribution in [3.63, 3.8) is 0 Å². The molecule has 34 heavy (non-hydrogen) atoms. The van der Waals surface area contributed by atoms with Crippen molar-refractivity contribution in [3.05, 3.63) is 76.8 Å². The predicted molar refractivity (Wildman–Crippen MR) is 135 cm³/mol. The van der Waals surface area contributed by atoms with Crippen LogP contribution < -0.4 is 10.6 Å². The van der Waals surface area contributed by atoms with E-state index in [0.29, 0.717) is 30.1 Å². The van der Waals surface area contributed by atoms with Gasteiger partial charge in [0.2, 0.25) is 11.8 Å². The summed E-state index contributed by atoms with van der Waals surface area (Å²) in [5.74, 6) is -1.29. The zero-order valence-electron chi connectivity index (χ0n) is 18.5. The second-order valence-electron chi connectivity index (χ2n) is 7.66. The average Bonchev–Trinajstić information content (AvgIpc) is 2.83. The van der Waals surface area contributed by atoms with Gasteiger partial charge < -0.3 is 15.0 Å². The number of piperazine rings is 1. The molecule has 0 aromatic heterocycles. The molecule has 2 aromatic rings. The van der Waals surface area contributed by atoms with Crippen LogP contribution in [0.15, 0.2) is 60.7 Å². The summed E-state index contributed by atoms with van der Waals surface area (Å²) < 4.78 is 5.32. The van der Waals surface area contributed by atoms with E-state index in [0.717, 1.165) is 6.42 Å². The highest BCUT2D eigenvalue weighted by Crippen LogP contribution is 2.16. The monoisotopic (exact) mass is 499 g/mol. The Morgan fingerprint density at radius 3 is 2.68 bits per heavy atom. The number of thiocarbonyl (C=S) groups is 1. The average molecular weight is 500 g/mol. The Morgan fingerprint density at radius 2 is 1.91 bits per heavy atom. The molecule has 178 valence electrons. The minimum atomic E-state index is -0.851. The number of carbonyl (C=O) groups excluding carboxylic acids is 3. The summed E-state index contributed by atoms with van der Waals surface area (Å²) >= 11 is 11.4. The van der Waals surface area contributed by atoms with E-state index in [1.807, 2.05) is 36.4 Å². The number of hydrogen-bond donors (Lipinski definition) is 2. The number of nitrogens with zero attached hydrogens (tertiary/aromatic N) is 1. The lowest BCUT2D eigenvalue weighted by Gasteiger charge is -2.36. The molecule has 0 aliphatic carbocycles. The van der Waals surface area contributed by atoms with Gasteiger partial charge in [-0.15, -0.1) is 0 Å². The standard InChI is InChI=1S/C25H26ClN3O4S/c26-20-11-5-4-10-19(20)12-13-22(30)28-25(34)29-15-14-27-24(32)21(29)17-23(31)33-16-6-9-18-7-2-1-3-8-18/h1-5,7-8,10-13,21H,6,9,14-17H2,(H,27,32)(H,28,30,34). The van der Waals surface area contributed by atoms with Gasteiger partial charge in [0.15, 0.2) is 5.11 Å². The highest BCUT2D eigenvalue weighted by atomic mass is 35.5. The van der Waals surface area contributed by atoms with E-state index in [1.165, 1.54) is 11.6 Å². The fraction of sp³-hybridized carbons (Fsp3) is 0.280. The molecule has 1 aliphatic rings. The van der Waals surface area contributed by atoms with Gasteiger partial charge in [-0.2, -0.15) is 0 Å². The van der Waals surface area contributed by atoms with Crippen LogP contribution in [0.1, 0.15) is 24.0 Å². The van der Waals surface area contributed by atoms with Gasteiger partial charge >= 0.3 is 5.97 Å². The largest absolute Gasteiger partial charge is 0.466 e. The van der Waals surface area contributed by atoms with Crippen LogP contribution >= 0.6 is 23.8 Å². The fourth-order valence-corrected chi connectivity index (χ4v) is 4.00. The quantitative estimate of drug-likeness (QED) is 0.251. The number of amides is 2. The zero-order valence-corrected chi connectivity index (χ0v) is 20.1. The van der Waals surface area contributed by atoms with Crippen molar-refractivity contribution in [1.82, 2.24) is 15.5 Å². The molecule has 0 saturated carbocycles. The third-order valence-electron chi connectivity index (χ3n) is 5.22. The maximum atomic E-state index is 12.4. The summed E-state index contributed by atoms with van der Waals surface area (Å²) in [6.45, 7) is 0.980. The van der Waals surface area contributed by atoms with Crippen LogP contribution in [0, 0.1) is 0 Å². The second kappa shape index (κ2) is 12.9. The Balaban J connectivity index is 1.50. The molecule has 1 heterocycles. The van der Waals surface area contributed by atoms with E-state index >= 15 is 0 Å². The lowest BCUT2D eigenvalue weighted by Crippen LogP contribution is -2.60. The van der Waals surface area contributed by atoms with Crippen LogP contribution in [0.5, 0.6) is 0 Å². The Bertz CT molecular complexity index is 1060. The van der Waals surface area contributed by atoms with Crippen molar-refractivity contribution in [2.45, 2.75) is 25.3 Å². The molecule has 3 rings (SSSR count).